The van der Waals surface area contributed by atoms with Crippen LogP contribution in [0.3, 0.4) is 0 Å². The van der Waals surface area contributed by atoms with E-state index in [1.54, 1.807) is 21.9 Å². The van der Waals surface area contributed by atoms with Crippen LogP contribution in [0.2, 0.25) is 0 Å². The minimum Gasteiger partial charge on any atom is -0.337 e. The molecule has 1 heterocycles. The van der Waals surface area contributed by atoms with E-state index in [0.717, 1.165) is 5.56 Å². The highest BCUT2D eigenvalue weighted by atomic mass is 19.1. The molecular weight excluding hydrogens is 333 g/mol. The number of benzene rings is 2. The Bertz CT molecular complexity index is 775. The van der Waals surface area contributed by atoms with Crippen LogP contribution in [0.1, 0.15) is 32.7 Å². The molecule has 2 N–H and O–H groups in total. The first-order valence-electron chi connectivity index (χ1n) is 8.71. The van der Waals surface area contributed by atoms with E-state index in [0.29, 0.717) is 50.3 Å². The molecule has 2 amide bonds. The van der Waals surface area contributed by atoms with Gasteiger partial charge in [0.15, 0.2) is 0 Å². The van der Waals surface area contributed by atoms with Gasteiger partial charge >= 0.3 is 0 Å². The first-order valence-corrected chi connectivity index (χ1v) is 8.71. The van der Waals surface area contributed by atoms with Gasteiger partial charge in [-0.2, -0.15) is 0 Å². The van der Waals surface area contributed by atoms with E-state index in [1.807, 2.05) is 12.1 Å². The molecule has 2 aromatic carbocycles. The summed E-state index contributed by atoms with van der Waals surface area (Å²) in [6, 6.07) is 12.8. The molecule has 0 atom stereocenters. The van der Waals surface area contributed by atoms with Crippen molar-refractivity contribution in [1.29, 1.82) is 0 Å². The highest BCUT2D eigenvalue weighted by Gasteiger charge is 2.23. The molecule has 1 aliphatic heterocycles. The minimum absolute atomic E-state index is 0.0374. The summed E-state index contributed by atoms with van der Waals surface area (Å²) in [5.41, 5.74) is 7.65. The number of carbonyl (C=O) groups excluding carboxylic acids is 2. The van der Waals surface area contributed by atoms with Gasteiger partial charge in [-0.25, -0.2) is 4.39 Å². The fourth-order valence-corrected chi connectivity index (χ4v) is 3.06. The predicted octanol–water partition coefficient (Wildman–Crippen LogP) is 2.27. The average Bonchev–Trinajstić information content (AvgIpc) is 2.94. The minimum atomic E-state index is -0.366. The lowest BCUT2D eigenvalue weighted by Crippen LogP contribution is -2.37. The highest BCUT2D eigenvalue weighted by Crippen LogP contribution is 2.13. The second-order valence-electron chi connectivity index (χ2n) is 6.35. The molecule has 0 radical (unpaired) electrons. The van der Waals surface area contributed by atoms with Gasteiger partial charge in [0, 0.05) is 43.9 Å². The van der Waals surface area contributed by atoms with Crippen molar-refractivity contribution < 1.29 is 14.0 Å². The molecule has 0 aromatic heterocycles. The summed E-state index contributed by atoms with van der Waals surface area (Å²) in [6.07, 6.45) is 0.708. The Hall–Kier alpha value is -2.73. The maximum absolute atomic E-state index is 13.0. The molecule has 6 heteroatoms. The Morgan fingerprint density at radius 2 is 1.27 bits per heavy atom. The average molecular weight is 355 g/mol. The van der Waals surface area contributed by atoms with Crippen LogP contribution in [-0.2, 0) is 6.54 Å². The van der Waals surface area contributed by atoms with Crippen molar-refractivity contribution in [2.24, 2.45) is 5.73 Å². The number of halogens is 1. The van der Waals surface area contributed by atoms with Crippen LogP contribution in [0.25, 0.3) is 0 Å². The molecular formula is C20H22FN3O2. The molecule has 5 nitrogen and oxygen atoms in total. The second kappa shape index (κ2) is 8.10. The lowest BCUT2D eigenvalue weighted by Gasteiger charge is -2.22. The fourth-order valence-electron chi connectivity index (χ4n) is 3.06. The van der Waals surface area contributed by atoms with Crippen LogP contribution in [0.5, 0.6) is 0 Å². The highest BCUT2D eigenvalue weighted by molar-refractivity contribution is 5.95. The predicted molar refractivity (Wildman–Crippen MR) is 97.2 cm³/mol. The largest absolute Gasteiger partial charge is 0.337 e. The van der Waals surface area contributed by atoms with Gasteiger partial charge < -0.3 is 15.5 Å². The van der Waals surface area contributed by atoms with Gasteiger partial charge in [0.25, 0.3) is 11.8 Å². The lowest BCUT2D eigenvalue weighted by atomic mass is 10.1. The summed E-state index contributed by atoms with van der Waals surface area (Å²) in [5.74, 6) is -0.536. The number of amides is 2. The third kappa shape index (κ3) is 4.08. The van der Waals surface area contributed by atoms with Gasteiger partial charge in [-0.1, -0.05) is 12.1 Å². The van der Waals surface area contributed by atoms with Crippen LogP contribution < -0.4 is 5.73 Å². The maximum atomic E-state index is 13.0. The molecule has 1 fully saturated rings. The normalized spacial score (nSPS) is 14.8. The SMILES string of the molecule is NCc1ccc(C(=O)N2CCCN(C(=O)c3ccc(F)cc3)CC2)cc1. The van der Waals surface area contributed by atoms with E-state index < -0.39 is 0 Å². The van der Waals surface area contributed by atoms with Crippen molar-refractivity contribution in [3.8, 4) is 0 Å². The standard InChI is InChI=1S/C20H22FN3O2/c21-18-8-6-17(7-9-18)20(26)24-11-1-10-23(12-13-24)19(25)16-4-2-15(14-22)3-5-16/h2-9H,1,10-14,22H2. The van der Waals surface area contributed by atoms with Crippen molar-refractivity contribution in [1.82, 2.24) is 9.80 Å². The Morgan fingerprint density at radius 1 is 0.808 bits per heavy atom. The van der Waals surface area contributed by atoms with Gasteiger partial charge in [-0.05, 0) is 48.4 Å². The van der Waals surface area contributed by atoms with Crippen LogP contribution in [0.15, 0.2) is 48.5 Å². The molecule has 0 unspecified atom stereocenters. The third-order valence-electron chi connectivity index (χ3n) is 4.60. The van der Waals surface area contributed by atoms with Gasteiger partial charge in [0.2, 0.25) is 0 Å². The van der Waals surface area contributed by atoms with E-state index in [2.05, 4.69) is 0 Å². The Labute approximate surface area is 152 Å². The van der Waals surface area contributed by atoms with Crippen molar-refractivity contribution in [2.45, 2.75) is 13.0 Å². The zero-order chi connectivity index (χ0) is 18.5. The molecule has 1 saturated heterocycles. The molecule has 1 aliphatic rings. The second-order valence-corrected chi connectivity index (χ2v) is 6.35. The van der Waals surface area contributed by atoms with E-state index in [-0.39, 0.29) is 17.6 Å². The van der Waals surface area contributed by atoms with Crippen LogP contribution >= 0.6 is 0 Å². The molecule has 0 spiro atoms. The number of nitrogens with zero attached hydrogens (tertiary/aromatic N) is 2. The van der Waals surface area contributed by atoms with Crippen molar-refractivity contribution in [3.63, 3.8) is 0 Å². The van der Waals surface area contributed by atoms with Crippen LogP contribution in [-0.4, -0.2) is 47.8 Å². The molecule has 0 bridgehead atoms. The van der Waals surface area contributed by atoms with Crippen molar-refractivity contribution >= 4 is 11.8 Å². The summed E-state index contributed by atoms with van der Waals surface area (Å²) >= 11 is 0. The number of rotatable bonds is 3. The fraction of sp³-hybridized carbons (Fsp3) is 0.300. The first kappa shape index (κ1) is 18.1. The summed E-state index contributed by atoms with van der Waals surface area (Å²) in [7, 11) is 0. The van der Waals surface area contributed by atoms with E-state index in [1.165, 1.54) is 24.3 Å². The summed E-state index contributed by atoms with van der Waals surface area (Å²) in [5, 5.41) is 0. The van der Waals surface area contributed by atoms with Crippen molar-refractivity contribution in [3.05, 3.63) is 71.0 Å². The number of nitrogens with two attached hydrogens (primary N) is 1. The zero-order valence-electron chi connectivity index (χ0n) is 14.5. The third-order valence-corrected chi connectivity index (χ3v) is 4.60. The number of carbonyl (C=O) groups is 2. The number of hydrogen-bond donors (Lipinski definition) is 1. The quantitative estimate of drug-likeness (QED) is 0.918. The molecule has 2 aromatic rings. The Morgan fingerprint density at radius 3 is 1.73 bits per heavy atom. The smallest absolute Gasteiger partial charge is 0.253 e. The zero-order valence-corrected chi connectivity index (χ0v) is 14.5. The topological polar surface area (TPSA) is 66.6 Å². The molecule has 26 heavy (non-hydrogen) atoms. The summed E-state index contributed by atoms with van der Waals surface area (Å²) in [6.45, 7) is 2.56. The maximum Gasteiger partial charge on any atom is 0.253 e. The summed E-state index contributed by atoms with van der Waals surface area (Å²) < 4.78 is 13.0. The van der Waals surface area contributed by atoms with Gasteiger partial charge in [-0.15, -0.1) is 0 Å². The van der Waals surface area contributed by atoms with Crippen LogP contribution in [0, 0.1) is 5.82 Å². The molecule has 0 aliphatic carbocycles. The lowest BCUT2D eigenvalue weighted by molar-refractivity contribution is 0.0718. The Balaban J connectivity index is 1.64. The summed E-state index contributed by atoms with van der Waals surface area (Å²) in [4.78, 5) is 28.7. The Kier molecular flexibility index (Phi) is 5.63. The van der Waals surface area contributed by atoms with Gasteiger partial charge in [-0.3, -0.25) is 9.59 Å². The van der Waals surface area contributed by atoms with Gasteiger partial charge in [0.1, 0.15) is 5.82 Å². The van der Waals surface area contributed by atoms with Gasteiger partial charge in [0.05, 0.1) is 0 Å². The van der Waals surface area contributed by atoms with E-state index in [4.69, 9.17) is 5.73 Å². The number of hydrogen-bond acceptors (Lipinski definition) is 3. The van der Waals surface area contributed by atoms with E-state index >= 15 is 0 Å². The molecule has 0 saturated carbocycles. The van der Waals surface area contributed by atoms with E-state index in [9.17, 15) is 14.0 Å². The molecule has 136 valence electrons. The van der Waals surface area contributed by atoms with Crippen molar-refractivity contribution in [2.75, 3.05) is 26.2 Å². The molecule has 3 rings (SSSR count). The first-order chi connectivity index (χ1) is 12.6. The monoisotopic (exact) mass is 355 g/mol. The van der Waals surface area contributed by atoms with Crippen LogP contribution in [0.4, 0.5) is 4.39 Å².